The fraction of sp³-hybridized carbons (Fsp3) is 0.500. The normalized spacial score (nSPS) is 30.7. The lowest BCUT2D eigenvalue weighted by atomic mass is 9.79. The van der Waals surface area contributed by atoms with Gasteiger partial charge in [-0.2, -0.15) is 0 Å². The highest BCUT2D eigenvalue weighted by Crippen LogP contribution is 2.48. The lowest BCUT2D eigenvalue weighted by molar-refractivity contribution is -0.127. The van der Waals surface area contributed by atoms with Crippen LogP contribution in [0.3, 0.4) is 0 Å². The molecule has 17 heavy (non-hydrogen) atoms. The molecular weight excluding hydrogens is 212 g/mol. The second kappa shape index (κ2) is 3.49. The van der Waals surface area contributed by atoms with Gasteiger partial charge in [-0.3, -0.25) is 4.79 Å². The van der Waals surface area contributed by atoms with Crippen molar-refractivity contribution in [1.82, 2.24) is 0 Å². The van der Waals surface area contributed by atoms with E-state index in [2.05, 4.69) is 6.07 Å². The average Bonchev–Trinajstić information content (AvgIpc) is 2.57. The second-order valence-electron chi connectivity index (χ2n) is 5.66. The zero-order valence-electron chi connectivity index (χ0n) is 9.91. The van der Waals surface area contributed by atoms with Crippen LogP contribution in [0.2, 0.25) is 0 Å². The Morgan fingerprint density at radius 1 is 1.35 bits per heavy atom. The average molecular weight is 230 g/mol. The van der Waals surface area contributed by atoms with Crippen LogP contribution >= 0.6 is 0 Å². The molecule has 0 aromatic heterocycles. The molecular formula is C14H18N2O. The van der Waals surface area contributed by atoms with Crippen LogP contribution in [-0.2, 0) is 17.6 Å². The predicted molar refractivity (Wildman–Crippen MR) is 67.2 cm³/mol. The Labute approximate surface area is 101 Å². The third-order valence-corrected chi connectivity index (χ3v) is 4.50. The van der Waals surface area contributed by atoms with Crippen LogP contribution in [0.1, 0.15) is 30.4 Å². The second-order valence-corrected chi connectivity index (χ2v) is 5.66. The SMILES string of the molecule is NC(=O)C12CCC(Cc3ccc(N)cc3C1)C2. The van der Waals surface area contributed by atoms with Gasteiger partial charge in [0.05, 0.1) is 5.41 Å². The Morgan fingerprint density at radius 2 is 2.18 bits per heavy atom. The molecule has 1 saturated carbocycles. The van der Waals surface area contributed by atoms with E-state index in [4.69, 9.17) is 11.5 Å². The molecule has 90 valence electrons. The summed E-state index contributed by atoms with van der Waals surface area (Å²) in [6.45, 7) is 0. The Balaban J connectivity index is 2.07. The number of carbonyl (C=O) groups is 1. The molecule has 2 aliphatic carbocycles. The Hall–Kier alpha value is -1.51. The Morgan fingerprint density at radius 3 is 2.94 bits per heavy atom. The molecule has 3 rings (SSSR count). The van der Waals surface area contributed by atoms with Gasteiger partial charge in [0, 0.05) is 5.69 Å². The number of benzene rings is 1. The first-order valence-electron chi connectivity index (χ1n) is 6.26. The van der Waals surface area contributed by atoms with Gasteiger partial charge in [-0.1, -0.05) is 6.07 Å². The molecule has 2 unspecified atom stereocenters. The molecule has 0 saturated heterocycles. The summed E-state index contributed by atoms with van der Waals surface area (Å²) in [4.78, 5) is 11.8. The number of hydrogen-bond donors (Lipinski definition) is 2. The molecule has 2 bridgehead atoms. The monoisotopic (exact) mass is 230 g/mol. The van der Waals surface area contributed by atoms with Crippen molar-refractivity contribution >= 4 is 11.6 Å². The summed E-state index contributed by atoms with van der Waals surface area (Å²) in [6, 6.07) is 6.08. The van der Waals surface area contributed by atoms with Crippen LogP contribution < -0.4 is 11.5 Å². The first kappa shape index (κ1) is 10.6. The quantitative estimate of drug-likeness (QED) is 0.720. The molecule has 1 aromatic rings. The molecule has 4 N–H and O–H groups in total. The van der Waals surface area contributed by atoms with Gasteiger partial charge in [0.2, 0.25) is 5.91 Å². The van der Waals surface area contributed by atoms with E-state index in [0.717, 1.165) is 37.8 Å². The van der Waals surface area contributed by atoms with E-state index in [0.29, 0.717) is 5.92 Å². The van der Waals surface area contributed by atoms with Crippen LogP contribution in [0.4, 0.5) is 5.69 Å². The molecule has 0 aliphatic heterocycles. The van der Waals surface area contributed by atoms with Crippen LogP contribution in [0.5, 0.6) is 0 Å². The van der Waals surface area contributed by atoms with Gasteiger partial charge < -0.3 is 11.5 Å². The minimum Gasteiger partial charge on any atom is -0.399 e. The highest BCUT2D eigenvalue weighted by molar-refractivity contribution is 5.82. The molecule has 0 radical (unpaired) electrons. The van der Waals surface area contributed by atoms with Crippen molar-refractivity contribution < 1.29 is 4.79 Å². The molecule has 0 heterocycles. The van der Waals surface area contributed by atoms with Gasteiger partial charge in [0.15, 0.2) is 0 Å². The van der Waals surface area contributed by atoms with Crippen molar-refractivity contribution in [2.45, 2.75) is 32.1 Å². The van der Waals surface area contributed by atoms with Crippen molar-refractivity contribution in [2.24, 2.45) is 17.1 Å². The maximum absolute atomic E-state index is 11.8. The van der Waals surface area contributed by atoms with Gasteiger partial charge in [-0.25, -0.2) is 0 Å². The van der Waals surface area contributed by atoms with Crippen LogP contribution in [0.25, 0.3) is 0 Å². The van der Waals surface area contributed by atoms with E-state index in [1.807, 2.05) is 12.1 Å². The minimum absolute atomic E-state index is 0.129. The lowest BCUT2D eigenvalue weighted by Gasteiger charge is -2.25. The third-order valence-electron chi connectivity index (χ3n) is 4.50. The zero-order chi connectivity index (χ0) is 12.0. The summed E-state index contributed by atoms with van der Waals surface area (Å²) in [5, 5.41) is 0. The maximum Gasteiger partial charge on any atom is 0.223 e. The Kier molecular flexibility index (Phi) is 2.18. The number of nitrogen functional groups attached to an aromatic ring is 1. The van der Waals surface area contributed by atoms with Crippen LogP contribution in [-0.4, -0.2) is 5.91 Å². The van der Waals surface area contributed by atoms with Crippen molar-refractivity contribution in [2.75, 3.05) is 5.73 Å². The number of nitrogens with two attached hydrogens (primary N) is 2. The van der Waals surface area contributed by atoms with E-state index in [1.54, 1.807) is 0 Å². The maximum atomic E-state index is 11.8. The molecule has 2 aliphatic rings. The van der Waals surface area contributed by atoms with Gasteiger partial charge in [-0.05, 0) is 61.3 Å². The van der Waals surface area contributed by atoms with Crippen molar-refractivity contribution in [1.29, 1.82) is 0 Å². The molecule has 3 nitrogen and oxygen atoms in total. The summed E-state index contributed by atoms with van der Waals surface area (Å²) in [5.41, 5.74) is 14.5. The van der Waals surface area contributed by atoms with Crippen molar-refractivity contribution in [3.05, 3.63) is 29.3 Å². The van der Waals surface area contributed by atoms with Crippen LogP contribution in [0.15, 0.2) is 18.2 Å². The van der Waals surface area contributed by atoms with Crippen LogP contribution in [0, 0.1) is 11.3 Å². The first-order valence-corrected chi connectivity index (χ1v) is 6.26. The fourth-order valence-corrected chi connectivity index (χ4v) is 3.57. The van der Waals surface area contributed by atoms with Crippen molar-refractivity contribution in [3.8, 4) is 0 Å². The number of hydrogen-bond acceptors (Lipinski definition) is 2. The number of rotatable bonds is 1. The lowest BCUT2D eigenvalue weighted by Crippen LogP contribution is -2.36. The molecule has 1 amide bonds. The number of anilines is 1. The minimum atomic E-state index is -0.302. The molecule has 1 aromatic carbocycles. The fourth-order valence-electron chi connectivity index (χ4n) is 3.57. The number of carbonyl (C=O) groups excluding carboxylic acids is 1. The van der Waals surface area contributed by atoms with Gasteiger partial charge in [0.25, 0.3) is 0 Å². The zero-order valence-corrected chi connectivity index (χ0v) is 9.91. The number of primary amides is 1. The molecule has 0 spiro atoms. The van der Waals surface area contributed by atoms with E-state index >= 15 is 0 Å². The molecule has 2 atom stereocenters. The van der Waals surface area contributed by atoms with Crippen molar-refractivity contribution in [3.63, 3.8) is 0 Å². The van der Waals surface area contributed by atoms with E-state index in [9.17, 15) is 4.79 Å². The number of amides is 1. The van der Waals surface area contributed by atoms with Gasteiger partial charge >= 0.3 is 0 Å². The summed E-state index contributed by atoms with van der Waals surface area (Å²) in [5.74, 6) is 0.489. The largest absolute Gasteiger partial charge is 0.399 e. The predicted octanol–water partition coefficient (Wildman–Crippen LogP) is 1.64. The topological polar surface area (TPSA) is 69.1 Å². The van der Waals surface area contributed by atoms with Gasteiger partial charge in [-0.15, -0.1) is 0 Å². The Bertz CT molecular complexity index is 483. The molecule has 3 heteroatoms. The smallest absolute Gasteiger partial charge is 0.223 e. The van der Waals surface area contributed by atoms with Gasteiger partial charge in [0.1, 0.15) is 0 Å². The molecule has 1 fully saturated rings. The standard InChI is InChI=1S/C14H18N2O/c15-12-2-1-10-5-9-3-4-14(7-9,13(16)17)8-11(10)6-12/h1-2,6,9H,3-5,7-8,15H2,(H2,16,17). The first-order chi connectivity index (χ1) is 8.09. The third kappa shape index (κ3) is 1.61. The summed E-state index contributed by atoms with van der Waals surface area (Å²) in [7, 11) is 0. The van der Waals surface area contributed by atoms with E-state index in [1.165, 1.54) is 11.1 Å². The van der Waals surface area contributed by atoms with E-state index in [-0.39, 0.29) is 11.3 Å². The summed E-state index contributed by atoms with van der Waals surface area (Å²) in [6.07, 6.45) is 4.88. The summed E-state index contributed by atoms with van der Waals surface area (Å²) >= 11 is 0. The van der Waals surface area contributed by atoms with E-state index < -0.39 is 0 Å². The highest BCUT2D eigenvalue weighted by atomic mass is 16.1. The highest BCUT2D eigenvalue weighted by Gasteiger charge is 2.46. The number of fused-ring (bicyclic) bond motifs is 3. The summed E-state index contributed by atoms with van der Waals surface area (Å²) < 4.78 is 0.